The Morgan fingerprint density at radius 3 is 2.15 bits per heavy atom. The van der Waals surface area contributed by atoms with Gasteiger partial charge in [-0.2, -0.15) is 0 Å². The molecule has 8 heteroatoms. The molecule has 2 aromatic carbocycles. The Bertz CT molecular complexity index is 850. The number of hydrogen-bond acceptors (Lipinski definition) is 4. The normalized spacial score (nSPS) is 10.8. The van der Waals surface area contributed by atoms with Crippen LogP contribution in [-0.4, -0.2) is 26.9 Å². The van der Waals surface area contributed by atoms with Crippen molar-refractivity contribution in [1.29, 1.82) is 0 Å². The number of carbonyl (C=O) groups excluding carboxylic acids is 2. The minimum atomic E-state index is -3.95. The molecule has 0 fully saturated rings. The SMILES string of the molecule is CC(=O)NCc1ccc(S(=O)(=O)NC(=O)NCCc2ccccc2)cc1. The van der Waals surface area contributed by atoms with Gasteiger partial charge in [0.15, 0.2) is 0 Å². The predicted octanol–water partition coefficient (Wildman–Crippen LogP) is 1.55. The van der Waals surface area contributed by atoms with Crippen molar-refractivity contribution in [2.24, 2.45) is 0 Å². The molecule has 0 spiro atoms. The third-order valence-corrected chi connectivity index (χ3v) is 4.89. The topological polar surface area (TPSA) is 104 Å². The lowest BCUT2D eigenvalue weighted by Crippen LogP contribution is -2.40. The first kappa shape index (κ1) is 19.5. The van der Waals surface area contributed by atoms with Crippen LogP contribution in [0.1, 0.15) is 18.1 Å². The highest BCUT2D eigenvalue weighted by atomic mass is 32.2. The van der Waals surface area contributed by atoms with E-state index in [2.05, 4.69) is 10.6 Å². The molecule has 0 aliphatic rings. The summed E-state index contributed by atoms with van der Waals surface area (Å²) in [5, 5.41) is 5.15. The summed E-state index contributed by atoms with van der Waals surface area (Å²) in [5.74, 6) is -0.171. The summed E-state index contributed by atoms with van der Waals surface area (Å²) in [6, 6.07) is 14.7. The van der Waals surface area contributed by atoms with Crippen molar-refractivity contribution in [2.45, 2.75) is 24.8 Å². The standard InChI is InChI=1S/C18H21N3O4S/c1-14(22)20-13-16-7-9-17(10-8-16)26(24,25)21-18(23)19-12-11-15-5-3-2-4-6-15/h2-10H,11-13H2,1H3,(H,20,22)(H2,19,21,23). The molecular weight excluding hydrogens is 354 g/mol. The fourth-order valence-electron chi connectivity index (χ4n) is 2.20. The van der Waals surface area contributed by atoms with Gasteiger partial charge in [0.25, 0.3) is 10.0 Å². The van der Waals surface area contributed by atoms with Gasteiger partial charge < -0.3 is 10.6 Å². The smallest absolute Gasteiger partial charge is 0.328 e. The van der Waals surface area contributed by atoms with Crippen molar-refractivity contribution in [3.63, 3.8) is 0 Å². The van der Waals surface area contributed by atoms with Gasteiger partial charge in [0, 0.05) is 20.0 Å². The van der Waals surface area contributed by atoms with Crippen molar-refractivity contribution in [2.75, 3.05) is 6.54 Å². The molecule has 0 heterocycles. The highest BCUT2D eigenvalue weighted by molar-refractivity contribution is 7.90. The van der Waals surface area contributed by atoms with Crippen LogP contribution in [0.5, 0.6) is 0 Å². The molecule has 0 aliphatic carbocycles. The lowest BCUT2D eigenvalue weighted by Gasteiger charge is -2.09. The summed E-state index contributed by atoms with van der Waals surface area (Å²) in [4.78, 5) is 22.7. The van der Waals surface area contributed by atoms with Crippen LogP contribution in [0.15, 0.2) is 59.5 Å². The first-order chi connectivity index (χ1) is 12.4. The van der Waals surface area contributed by atoms with Gasteiger partial charge in [-0.15, -0.1) is 0 Å². The van der Waals surface area contributed by atoms with Crippen molar-refractivity contribution in [3.05, 3.63) is 65.7 Å². The molecule has 2 rings (SSSR count). The van der Waals surface area contributed by atoms with Crippen molar-refractivity contribution in [3.8, 4) is 0 Å². The Morgan fingerprint density at radius 2 is 1.54 bits per heavy atom. The zero-order chi connectivity index (χ0) is 19.0. The Kier molecular flexibility index (Phi) is 6.74. The van der Waals surface area contributed by atoms with E-state index < -0.39 is 16.1 Å². The van der Waals surface area contributed by atoms with E-state index in [-0.39, 0.29) is 10.8 Å². The number of amides is 3. The molecule has 0 bridgehead atoms. The van der Waals surface area contributed by atoms with Crippen LogP contribution < -0.4 is 15.4 Å². The second-order valence-electron chi connectivity index (χ2n) is 5.65. The maximum atomic E-state index is 12.2. The van der Waals surface area contributed by atoms with Gasteiger partial charge >= 0.3 is 6.03 Å². The number of urea groups is 1. The van der Waals surface area contributed by atoms with Crippen LogP contribution in [0.3, 0.4) is 0 Å². The number of benzene rings is 2. The molecule has 7 nitrogen and oxygen atoms in total. The second-order valence-corrected chi connectivity index (χ2v) is 7.33. The van der Waals surface area contributed by atoms with Gasteiger partial charge in [-0.25, -0.2) is 17.9 Å². The van der Waals surface area contributed by atoms with Crippen molar-refractivity contribution < 1.29 is 18.0 Å². The number of hydrogen-bond donors (Lipinski definition) is 3. The second kappa shape index (κ2) is 9.00. The van der Waals surface area contributed by atoms with Crippen molar-refractivity contribution in [1.82, 2.24) is 15.4 Å². The first-order valence-corrected chi connectivity index (χ1v) is 9.53. The average molecular weight is 375 g/mol. The van der Waals surface area contributed by atoms with Gasteiger partial charge in [-0.05, 0) is 29.7 Å². The first-order valence-electron chi connectivity index (χ1n) is 8.05. The van der Waals surface area contributed by atoms with Gasteiger partial charge in [0.1, 0.15) is 0 Å². The van der Waals surface area contributed by atoms with E-state index in [1.807, 2.05) is 35.1 Å². The highest BCUT2D eigenvalue weighted by Crippen LogP contribution is 2.10. The van der Waals surface area contributed by atoms with E-state index in [1.54, 1.807) is 12.1 Å². The minimum Gasteiger partial charge on any atom is -0.352 e. The van der Waals surface area contributed by atoms with Crippen LogP contribution in [0.2, 0.25) is 0 Å². The number of carbonyl (C=O) groups is 2. The Labute approximate surface area is 152 Å². The molecule has 0 atom stereocenters. The number of sulfonamides is 1. The maximum absolute atomic E-state index is 12.2. The molecule has 3 amide bonds. The molecule has 138 valence electrons. The van der Waals surface area contributed by atoms with Crippen LogP contribution in [-0.2, 0) is 27.8 Å². The van der Waals surface area contributed by atoms with Gasteiger partial charge in [0.05, 0.1) is 4.90 Å². The molecule has 0 aliphatic heterocycles. The van der Waals surface area contributed by atoms with Gasteiger partial charge in [-0.1, -0.05) is 42.5 Å². The lowest BCUT2D eigenvalue weighted by molar-refractivity contribution is -0.119. The van der Waals surface area contributed by atoms with E-state index in [4.69, 9.17) is 0 Å². The number of rotatable bonds is 7. The summed E-state index contributed by atoms with van der Waals surface area (Å²) < 4.78 is 26.4. The van der Waals surface area contributed by atoms with Crippen molar-refractivity contribution >= 4 is 22.0 Å². The zero-order valence-corrected chi connectivity index (χ0v) is 15.2. The maximum Gasteiger partial charge on any atom is 0.328 e. The van der Waals surface area contributed by atoms with Crippen LogP contribution in [0, 0.1) is 0 Å². The minimum absolute atomic E-state index is 0.0257. The molecule has 3 N–H and O–H groups in total. The van der Waals surface area contributed by atoms with Crippen LogP contribution >= 0.6 is 0 Å². The Hall–Kier alpha value is -2.87. The quantitative estimate of drug-likeness (QED) is 0.683. The van der Waals surface area contributed by atoms with Crippen LogP contribution in [0.4, 0.5) is 4.79 Å². The summed E-state index contributed by atoms with van der Waals surface area (Å²) >= 11 is 0. The molecule has 0 saturated carbocycles. The molecule has 26 heavy (non-hydrogen) atoms. The fraction of sp³-hybridized carbons (Fsp3) is 0.222. The summed E-state index contributed by atoms with van der Waals surface area (Å²) in [7, 11) is -3.95. The Morgan fingerprint density at radius 1 is 0.885 bits per heavy atom. The predicted molar refractivity (Wildman–Crippen MR) is 97.8 cm³/mol. The van der Waals surface area contributed by atoms with E-state index in [9.17, 15) is 18.0 Å². The third-order valence-electron chi connectivity index (χ3n) is 3.54. The van der Waals surface area contributed by atoms with Gasteiger partial charge in [0.2, 0.25) is 5.91 Å². The molecule has 0 unspecified atom stereocenters. The fourth-order valence-corrected chi connectivity index (χ4v) is 3.12. The highest BCUT2D eigenvalue weighted by Gasteiger charge is 2.17. The third kappa shape index (κ3) is 6.21. The molecule has 2 aromatic rings. The summed E-state index contributed by atoms with van der Waals surface area (Å²) in [5.41, 5.74) is 1.80. The monoisotopic (exact) mass is 375 g/mol. The Balaban J connectivity index is 1.86. The number of nitrogens with one attached hydrogen (secondary N) is 3. The van der Waals surface area contributed by atoms with E-state index in [0.717, 1.165) is 11.1 Å². The molecule has 0 aromatic heterocycles. The zero-order valence-electron chi connectivity index (χ0n) is 14.4. The lowest BCUT2D eigenvalue weighted by atomic mass is 10.1. The molecule has 0 saturated heterocycles. The van der Waals surface area contributed by atoms with E-state index in [0.29, 0.717) is 19.5 Å². The molecule has 0 radical (unpaired) electrons. The summed E-state index contributed by atoms with van der Waals surface area (Å²) in [6.07, 6.45) is 0.603. The van der Waals surface area contributed by atoms with Gasteiger partial charge in [-0.3, -0.25) is 4.79 Å². The van der Waals surface area contributed by atoms with E-state index in [1.165, 1.54) is 19.1 Å². The van der Waals surface area contributed by atoms with Crippen LogP contribution in [0.25, 0.3) is 0 Å². The summed E-state index contributed by atoms with van der Waals surface area (Å²) in [6.45, 7) is 2.03. The largest absolute Gasteiger partial charge is 0.352 e. The average Bonchev–Trinajstić information content (AvgIpc) is 2.61. The molecular formula is C18H21N3O4S. The van der Waals surface area contributed by atoms with E-state index >= 15 is 0 Å².